The highest BCUT2D eigenvalue weighted by Gasteiger charge is 2.15. The minimum absolute atomic E-state index is 0.263. The number of carbonyl (C=O) groups excluding carboxylic acids is 1. The van der Waals surface area contributed by atoms with E-state index in [4.69, 9.17) is 4.74 Å². The Balaban J connectivity index is 3.94. The zero-order valence-corrected chi connectivity index (χ0v) is 11.2. The SMILES string of the molecule is C=C(C)C(=O)OCC(CCCCC)C(C)C. The third-order valence-electron chi connectivity index (χ3n) is 2.90. The Hall–Kier alpha value is -0.790. The van der Waals surface area contributed by atoms with Gasteiger partial charge in [-0.3, -0.25) is 0 Å². The van der Waals surface area contributed by atoms with Gasteiger partial charge in [0.05, 0.1) is 6.61 Å². The van der Waals surface area contributed by atoms with Crippen molar-refractivity contribution in [3.63, 3.8) is 0 Å². The first-order valence-corrected chi connectivity index (χ1v) is 6.31. The Bertz CT molecular complexity index is 219. The first-order chi connectivity index (χ1) is 7.49. The van der Waals surface area contributed by atoms with Crippen LogP contribution in [0.15, 0.2) is 12.2 Å². The predicted octanol–water partition coefficient (Wildman–Crippen LogP) is 3.96. The van der Waals surface area contributed by atoms with Gasteiger partial charge in [0.15, 0.2) is 0 Å². The lowest BCUT2D eigenvalue weighted by Gasteiger charge is -2.20. The molecule has 0 fully saturated rings. The van der Waals surface area contributed by atoms with Crippen LogP contribution in [0.2, 0.25) is 0 Å². The molecule has 0 spiro atoms. The highest BCUT2D eigenvalue weighted by Crippen LogP contribution is 2.19. The van der Waals surface area contributed by atoms with E-state index in [-0.39, 0.29) is 5.97 Å². The predicted molar refractivity (Wildman–Crippen MR) is 68.2 cm³/mol. The number of ether oxygens (including phenoxy) is 1. The van der Waals surface area contributed by atoms with Crippen molar-refractivity contribution in [2.45, 2.75) is 53.4 Å². The van der Waals surface area contributed by atoms with E-state index < -0.39 is 0 Å². The Morgan fingerprint density at radius 3 is 2.38 bits per heavy atom. The van der Waals surface area contributed by atoms with Crippen LogP contribution in [0.3, 0.4) is 0 Å². The summed E-state index contributed by atoms with van der Waals surface area (Å²) in [6.07, 6.45) is 4.87. The van der Waals surface area contributed by atoms with Gasteiger partial charge in [-0.25, -0.2) is 4.79 Å². The van der Waals surface area contributed by atoms with Gasteiger partial charge in [-0.05, 0) is 25.2 Å². The summed E-state index contributed by atoms with van der Waals surface area (Å²) < 4.78 is 5.22. The van der Waals surface area contributed by atoms with Crippen molar-refractivity contribution in [1.82, 2.24) is 0 Å². The van der Waals surface area contributed by atoms with Crippen molar-refractivity contribution in [2.75, 3.05) is 6.61 Å². The molecule has 0 rings (SSSR count). The third-order valence-corrected chi connectivity index (χ3v) is 2.90. The van der Waals surface area contributed by atoms with Gasteiger partial charge in [-0.15, -0.1) is 0 Å². The summed E-state index contributed by atoms with van der Waals surface area (Å²) in [5.74, 6) is 0.783. The van der Waals surface area contributed by atoms with E-state index in [1.54, 1.807) is 6.92 Å². The van der Waals surface area contributed by atoms with Crippen LogP contribution in [0.5, 0.6) is 0 Å². The number of hydrogen-bond donors (Lipinski definition) is 0. The molecule has 0 aliphatic rings. The molecule has 1 atom stereocenters. The zero-order valence-electron chi connectivity index (χ0n) is 11.2. The highest BCUT2D eigenvalue weighted by atomic mass is 16.5. The van der Waals surface area contributed by atoms with E-state index in [0.29, 0.717) is 24.0 Å². The maximum absolute atomic E-state index is 11.3. The third kappa shape index (κ3) is 6.65. The number of rotatable bonds is 8. The highest BCUT2D eigenvalue weighted by molar-refractivity contribution is 5.86. The normalized spacial score (nSPS) is 12.6. The van der Waals surface area contributed by atoms with E-state index in [9.17, 15) is 4.79 Å². The van der Waals surface area contributed by atoms with Crippen molar-refractivity contribution in [2.24, 2.45) is 11.8 Å². The average molecular weight is 226 g/mol. The maximum Gasteiger partial charge on any atom is 0.333 e. The molecule has 0 amide bonds. The summed E-state index contributed by atoms with van der Waals surface area (Å²) in [5, 5.41) is 0. The van der Waals surface area contributed by atoms with Crippen LogP contribution >= 0.6 is 0 Å². The summed E-state index contributed by atoms with van der Waals surface area (Å²) in [7, 11) is 0. The molecule has 1 unspecified atom stereocenters. The second-order valence-corrected chi connectivity index (χ2v) is 4.88. The van der Waals surface area contributed by atoms with Gasteiger partial charge >= 0.3 is 5.97 Å². The molecule has 0 bridgehead atoms. The summed E-state index contributed by atoms with van der Waals surface area (Å²) in [5.41, 5.74) is 0.482. The molecule has 2 nitrogen and oxygen atoms in total. The fourth-order valence-corrected chi connectivity index (χ4v) is 1.57. The average Bonchev–Trinajstić information content (AvgIpc) is 2.21. The van der Waals surface area contributed by atoms with E-state index >= 15 is 0 Å². The minimum atomic E-state index is -0.263. The largest absolute Gasteiger partial charge is 0.462 e. The monoisotopic (exact) mass is 226 g/mol. The van der Waals surface area contributed by atoms with E-state index in [2.05, 4.69) is 27.4 Å². The lowest BCUT2D eigenvalue weighted by molar-refractivity contribution is -0.140. The van der Waals surface area contributed by atoms with Gasteiger partial charge < -0.3 is 4.74 Å². The van der Waals surface area contributed by atoms with E-state index in [1.807, 2.05) is 0 Å². The molecule has 0 aliphatic heterocycles. The van der Waals surface area contributed by atoms with Crippen molar-refractivity contribution in [1.29, 1.82) is 0 Å². The molecule has 0 heterocycles. The number of esters is 1. The van der Waals surface area contributed by atoms with Gasteiger partial charge in [-0.1, -0.05) is 46.6 Å². The molecule has 16 heavy (non-hydrogen) atoms. The topological polar surface area (TPSA) is 26.3 Å². The van der Waals surface area contributed by atoms with Gasteiger partial charge in [0.25, 0.3) is 0 Å². The van der Waals surface area contributed by atoms with Crippen LogP contribution in [0.25, 0.3) is 0 Å². The number of hydrogen-bond acceptors (Lipinski definition) is 2. The van der Waals surface area contributed by atoms with Crippen LogP contribution < -0.4 is 0 Å². The van der Waals surface area contributed by atoms with Crippen molar-refractivity contribution >= 4 is 5.97 Å². The van der Waals surface area contributed by atoms with Crippen molar-refractivity contribution < 1.29 is 9.53 Å². The molecule has 0 aliphatic carbocycles. The van der Waals surface area contributed by atoms with Gasteiger partial charge in [0.2, 0.25) is 0 Å². The molecule has 94 valence electrons. The quantitative estimate of drug-likeness (QED) is 0.356. The van der Waals surface area contributed by atoms with Crippen LogP contribution in [-0.4, -0.2) is 12.6 Å². The van der Waals surface area contributed by atoms with Gasteiger partial charge in [0, 0.05) is 5.57 Å². The standard InChI is InChI=1S/C14H26O2/c1-6-7-8-9-13(11(2)3)10-16-14(15)12(4)5/h11,13H,4,6-10H2,1-3,5H3. The summed E-state index contributed by atoms with van der Waals surface area (Å²) in [6, 6.07) is 0. The molecule has 2 heteroatoms. The fourth-order valence-electron chi connectivity index (χ4n) is 1.57. The number of carbonyl (C=O) groups is 1. The minimum Gasteiger partial charge on any atom is -0.462 e. The Kier molecular flexibility index (Phi) is 7.96. The zero-order chi connectivity index (χ0) is 12.6. The van der Waals surface area contributed by atoms with E-state index in [1.165, 1.54) is 19.3 Å². The summed E-state index contributed by atoms with van der Waals surface area (Å²) >= 11 is 0. The summed E-state index contributed by atoms with van der Waals surface area (Å²) in [6.45, 7) is 12.4. The lowest BCUT2D eigenvalue weighted by Crippen LogP contribution is -2.19. The Labute approximate surface area is 100 Å². The fraction of sp³-hybridized carbons (Fsp3) is 0.786. The van der Waals surface area contributed by atoms with Crippen molar-refractivity contribution in [3.8, 4) is 0 Å². The molecule has 0 saturated carbocycles. The molecular weight excluding hydrogens is 200 g/mol. The maximum atomic E-state index is 11.3. The molecule has 0 aromatic carbocycles. The summed E-state index contributed by atoms with van der Waals surface area (Å²) in [4.78, 5) is 11.3. The van der Waals surface area contributed by atoms with Gasteiger partial charge in [0.1, 0.15) is 0 Å². The van der Waals surface area contributed by atoms with Crippen LogP contribution in [0.4, 0.5) is 0 Å². The number of unbranched alkanes of at least 4 members (excludes halogenated alkanes) is 2. The Morgan fingerprint density at radius 1 is 1.31 bits per heavy atom. The van der Waals surface area contributed by atoms with Crippen molar-refractivity contribution in [3.05, 3.63) is 12.2 Å². The molecular formula is C14H26O2. The van der Waals surface area contributed by atoms with Gasteiger partial charge in [-0.2, -0.15) is 0 Å². The smallest absolute Gasteiger partial charge is 0.333 e. The lowest BCUT2D eigenvalue weighted by atomic mass is 9.91. The molecule has 0 aromatic heterocycles. The second kappa shape index (κ2) is 8.37. The molecule has 0 N–H and O–H groups in total. The molecule has 0 aromatic rings. The Morgan fingerprint density at radius 2 is 1.94 bits per heavy atom. The molecule has 0 saturated heterocycles. The van der Waals surface area contributed by atoms with Crippen LogP contribution in [0, 0.1) is 11.8 Å². The van der Waals surface area contributed by atoms with Crippen LogP contribution in [0.1, 0.15) is 53.4 Å². The first kappa shape index (κ1) is 15.2. The second-order valence-electron chi connectivity index (χ2n) is 4.88. The van der Waals surface area contributed by atoms with Crippen LogP contribution in [-0.2, 0) is 9.53 Å². The molecule has 0 radical (unpaired) electrons. The first-order valence-electron chi connectivity index (χ1n) is 6.31. The van der Waals surface area contributed by atoms with E-state index in [0.717, 1.165) is 6.42 Å².